The maximum absolute atomic E-state index is 5.88. The van der Waals surface area contributed by atoms with Gasteiger partial charge in [-0.1, -0.05) is 45.0 Å². The SMILES string of the molecule is CNCc1ccc(-c2ccccc2C(C)(C)C)o1. The first kappa shape index (κ1) is 12.9. The molecule has 0 saturated carbocycles. The summed E-state index contributed by atoms with van der Waals surface area (Å²) >= 11 is 0. The lowest BCUT2D eigenvalue weighted by Gasteiger charge is -2.21. The van der Waals surface area contributed by atoms with Gasteiger partial charge in [0.1, 0.15) is 11.5 Å². The van der Waals surface area contributed by atoms with Gasteiger partial charge < -0.3 is 9.73 Å². The molecule has 2 aromatic rings. The van der Waals surface area contributed by atoms with E-state index in [1.54, 1.807) is 0 Å². The summed E-state index contributed by atoms with van der Waals surface area (Å²) in [5, 5.41) is 3.10. The average Bonchev–Trinajstić information content (AvgIpc) is 2.77. The molecular formula is C16H21NO. The summed E-state index contributed by atoms with van der Waals surface area (Å²) in [5.41, 5.74) is 2.62. The molecule has 96 valence electrons. The molecule has 0 aliphatic heterocycles. The van der Waals surface area contributed by atoms with Crippen LogP contribution in [-0.4, -0.2) is 7.05 Å². The molecule has 0 amide bonds. The van der Waals surface area contributed by atoms with Gasteiger partial charge in [0.25, 0.3) is 0 Å². The van der Waals surface area contributed by atoms with Crippen molar-refractivity contribution in [2.75, 3.05) is 7.05 Å². The van der Waals surface area contributed by atoms with E-state index in [-0.39, 0.29) is 5.41 Å². The van der Waals surface area contributed by atoms with Crippen LogP contribution < -0.4 is 5.32 Å². The Kier molecular flexibility index (Phi) is 3.58. The highest BCUT2D eigenvalue weighted by molar-refractivity contribution is 5.64. The average molecular weight is 243 g/mol. The molecule has 0 radical (unpaired) electrons. The summed E-state index contributed by atoms with van der Waals surface area (Å²) in [6.45, 7) is 7.44. The summed E-state index contributed by atoms with van der Waals surface area (Å²) in [6.07, 6.45) is 0. The number of hydrogen-bond donors (Lipinski definition) is 1. The molecule has 0 unspecified atom stereocenters. The summed E-state index contributed by atoms with van der Waals surface area (Å²) < 4.78 is 5.88. The molecule has 0 fully saturated rings. The monoisotopic (exact) mass is 243 g/mol. The summed E-state index contributed by atoms with van der Waals surface area (Å²) in [4.78, 5) is 0. The van der Waals surface area contributed by atoms with E-state index in [4.69, 9.17) is 4.42 Å². The van der Waals surface area contributed by atoms with Crippen LogP contribution in [0.2, 0.25) is 0 Å². The molecule has 1 N–H and O–H groups in total. The highest BCUT2D eigenvalue weighted by Crippen LogP contribution is 2.33. The zero-order valence-corrected chi connectivity index (χ0v) is 11.6. The van der Waals surface area contributed by atoms with Gasteiger partial charge in [-0.3, -0.25) is 0 Å². The van der Waals surface area contributed by atoms with E-state index in [1.807, 2.05) is 13.1 Å². The molecule has 0 spiro atoms. The third kappa shape index (κ3) is 2.65. The number of rotatable bonds is 3. The first-order valence-electron chi connectivity index (χ1n) is 6.35. The van der Waals surface area contributed by atoms with Crippen molar-refractivity contribution in [1.82, 2.24) is 5.32 Å². The molecule has 0 aliphatic carbocycles. The van der Waals surface area contributed by atoms with Crippen molar-refractivity contribution in [2.45, 2.75) is 32.7 Å². The quantitative estimate of drug-likeness (QED) is 0.882. The Morgan fingerprint density at radius 3 is 2.44 bits per heavy atom. The highest BCUT2D eigenvalue weighted by atomic mass is 16.3. The van der Waals surface area contributed by atoms with Gasteiger partial charge in [0.15, 0.2) is 0 Å². The van der Waals surface area contributed by atoms with Crippen molar-refractivity contribution in [3.8, 4) is 11.3 Å². The second kappa shape index (κ2) is 4.99. The van der Waals surface area contributed by atoms with E-state index in [9.17, 15) is 0 Å². The molecular weight excluding hydrogens is 222 g/mol. The minimum Gasteiger partial charge on any atom is -0.460 e. The molecule has 1 heterocycles. The predicted octanol–water partition coefficient (Wildman–Crippen LogP) is 3.96. The largest absolute Gasteiger partial charge is 0.460 e. The third-order valence-electron chi connectivity index (χ3n) is 3.01. The second-order valence-corrected chi connectivity index (χ2v) is 5.59. The van der Waals surface area contributed by atoms with Crippen molar-refractivity contribution >= 4 is 0 Å². The van der Waals surface area contributed by atoms with Crippen molar-refractivity contribution < 1.29 is 4.42 Å². The molecule has 18 heavy (non-hydrogen) atoms. The Hall–Kier alpha value is -1.54. The van der Waals surface area contributed by atoms with Crippen LogP contribution in [0.4, 0.5) is 0 Å². The van der Waals surface area contributed by atoms with Gasteiger partial charge in [0.05, 0.1) is 6.54 Å². The molecule has 0 bridgehead atoms. The van der Waals surface area contributed by atoms with Gasteiger partial charge in [-0.05, 0) is 30.2 Å². The lowest BCUT2D eigenvalue weighted by Crippen LogP contribution is -2.12. The fourth-order valence-electron chi connectivity index (χ4n) is 2.14. The van der Waals surface area contributed by atoms with Crippen LogP contribution in [0.5, 0.6) is 0 Å². The smallest absolute Gasteiger partial charge is 0.134 e. The molecule has 2 nitrogen and oxygen atoms in total. The van der Waals surface area contributed by atoms with E-state index in [0.29, 0.717) is 0 Å². The van der Waals surface area contributed by atoms with Gasteiger partial charge in [-0.15, -0.1) is 0 Å². The Morgan fingerprint density at radius 2 is 1.78 bits per heavy atom. The van der Waals surface area contributed by atoms with E-state index < -0.39 is 0 Å². The highest BCUT2D eigenvalue weighted by Gasteiger charge is 2.19. The number of nitrogens with one attached hydrogen (secondary N) is 1. The third-order valence-corrected chi connectivity index (χ3v) is 3.01. The lowest BCUT2D eigenvalue weighted by molar-refractivity contribution is 0.504. The minimum absolute atomic E-state index is 0.118. The molecule has 0 aliphatic rings. The van der Waals surface area contributed by atoms with E-state index >= 15 is 0 Å². The fourth-order valence-corrected chi connectivity index (χ4v) is 2.14. The molecule has 1 aromatic carbocycles. The van der Waals surface area contributed by atoms with Gasteiger partial charge in [-0.25, -0.2) is 0 Å². The van der Waals surface area contributed by atoms with Crippen molar-refractivity contribution in [1.29, 1.82) is 0 Å². The van der Waals surface area contributed by atoms with E-state index in [2.05, 4.69) is 56.4 Å². The normalized spacial score (nSPS) is 11.8. The summed E-state index contributed by atoms with van der Waals surface area (Å²) in [6, 6.07) is 12.5. The zero-order chi connectivity index (χ0) is 13.2. The number of furan rings is 1. The molecule has 0 saturated heterocycles. The number of hydrogen-bond acceptors (Lipinski definition) is 2. The van der Waals surface area contributed by atoms with Crippen molar-refractivity contribution in [3.63, 3.8) is 0 Å². The van der Waals surface area contributed by atoms with Crippen LogP contribution in [0.15, 0.2) is 40.8 Å². The topological polar surface area (TPSA) is 25.2 Å². The van der Waals surface area contributed by atoms with E-state index in [1.165, 1.54) is 11.1 Å². The van der Waals surface area contributed by atoms with Gasteiger partial charge >= 0.3 is 0 Å². The lowest BCUT2D eigenvalue weighted by atomic mass is 9.83. The fraction of sp³-hybridized carbons (Fsp3) is 0.375. The molecule has 1 aromatic heterocycles. The van der Waals surface area contributed by atoms with Crippen LogP contribution in [0.25, 0.3) is 11.3 Å². The first-order chi connectivity index (χ1) is 8.52. The molecule has 0 atom stereocenters. The van der Waals surface area contributed by atoms with Crippen LogP contribution >= 0.6 is 0 Å². The second-order valence-electron chi connectivity index (χ2n) is 5.59. The van der Waals surface area contributed by atoms with Crippen molar-refractivity contribution in [2.24, 2.45) is 0 Å². The molecule has 2 rings (SSSR count). The predicted molar refractivity (Wildman–Crippen MR) is 75.6 cm³/mol. The Balaban J connectivity index is 2.43. The maximum Gasteiger partial charge on any atom is 0.134 e. The first-order valence-corrected chi connectivity index (χ1v) is 6.35. The van der Waals surface area contributed by atoms with Crippen LogP contribution in [0, 0.1) is 0 Å². The summed E-state index contributed by atoms with van der Waals surface area (Å²) in [5.74, 6) is 1.92. The molecule has 2 heteroatoms. The zero-order valence-electron chi connectivity index (χ0n) is 11.6. The van der Waals surface area contributed by atoms with Gasteiger partial charge in [0.2, 0.25) is 0 Å². The summed E-state index contributed by atoms with van der Waals surface area (Å²) in [7, 11) is 1.92. The van der Waals surface area contributed by atoms with Gasteiger partial charge in [-0.2, -0.15) is 0 Å². The van der Waals surface area contributed by atoms with Crippen LogP contribution in [0.3, 0.4) is 0 Å². The van der Waals surface area contributed by atoms with Crippen molar-refractivity contribution in [3.05, 3.63) is 47.7 Å². The van der Waals surface area contributed by atoms with Gasteiger partial charge in [0, 0.05) is 5.56 Å². The Labute approximate surface area is 109 Å². The number of benzene rings is 1. The van der Waals surface area contributed by atoms with E-state index in [0.717, 1.165) is 18.1 Å². The standard InChI is InChI=1S/C16H21NO/c1-16(2,3)14-8-6-5-7-13(14)15-10-9-12(18-15)11-17-4/h5-10,17H,11H2,1-4H3. The maximum atomic E-state index is 5.88. The Morgan fingerprint density at radius 1 is 1.06 bits per heavy atom. The Bertz CT molecular complexity index is 520. The van der Waals surface area contributed by atoms with Crippen LogP contribution in [0.1, 0.15) is 32.1 Å². The van der Waals surface area contributed by atoms with Crippen LogP contribution in [-0.2, 0) is 12.0 Å². The minimum atomic E-state index is 0.118.